The van der Waals surface area contributed by atoms with Gasteiger partial charge in [0.15, 0.2) is 0 Å². The lowest BCUT2D eigenvalue weighted by Crippen LogP contribution is -2.56. The predicted molar refractivity (Wildman–Crippen MR) is 90.9 cm³/mol. The summed E-state index contributed by atoms with van der Waals surface area (Å²) in [5.41, 5.74) is 9.25. The molecule has 1 aliphatic rings. The Balaban J connectivity index is 1.77. The van der Waals surface area contributed by atoms with Crippen LogP contribution in [-0.4, -0.2) is 30.1 Å². The van der Waals surface area contributed by atoms with Gasteiger partial charge in [-0.15, -0.1) is 11.3 Å². The number of benzene rings is 1. The molecule has 0 fully saturated rings. The third-order valence-corrected chi connectivity index (χ3v) is 5.92. The third-order valence-electron chi connectivity index (χ3n) is 5.02. The van der Waals surface area contributed by atoms with E-state index >= 15 is 0 Å². The summed E-state index contributed by atoms with van der Waals surface area (Å²) in [4.78, 5) is 3.98. The van der Waals surface area contributed by atoms with Crippen molar-refractivity contribution >= 4 is 11.3 Å². The molecule has 3 heteroatoms. The molecule has 2 N–H and O–H groups in total. The fourth-order valence-electron chi connectivity index (χ4n) is 3.54. The van der Waals surface area contributed by atoms with E-state index in [1.54, 1.807) is 0 Å². The first-order chi connectivity index (χ1) is 10.1. The van der Waals surface area contributed by atoms with Crippen molar-refractivity contribution in [2.75, 3.05) is 13.6 Å². The lowest BCUT2D eigenvalue weighted by Gasteiger charge is -2.42. The Labute approximate surface area is 131 Å². The average Bonchev–Trinajstić information content (AvgIpc) is 3.13. The van der Waals surface area contributed by atoms with E-state index in [0.29, 0.717) is 12.6 Å². The van der Waals surface area contributed by atoms with Gasteiger partial charge in [0.05, 0.1) is 0 Å². The molecule has 112 valence electrons. The van der Waals surface area contributed by atoms with E-state index in [-0.39, 0.29) is 5.54 Å². The normalized spacial score (nSPS) is 17.9. The highest BCUT2D eigenvalue weighted by atomic mass is 32.1. The molecule has 0 bridgehead atoms. The molecule has 1 unspecified atom stereocenters. The van der Waals surface area contributed by atoms with Crippen molar-refractivity contribution in [1.82, 2.24) is 4.90 Å². The van der Waals surface area contributed by atoms with Crippen LogP contribution >= 0.6 is 11.3 Å². The van der Waals surface area contributed by atoms with Crippen molar-refractivity contribution in [2.24, 2.45) is 5.73 Å². The standard InChI is InChI=1S/C18H24N2S/c1-14(10-17-8-5-9-21-17)20(2)18(13-19)11-15-6-3-4-7-16(15)12-18/h3-9,14H,10-13,19H2,1-2H3. The number of rotatable bonds is 5. The topological polar surface area (TPSA) is 29.3 Å². The van der Waals surface area contributed by atoms with Crippen molar-refractivity contribution < 1.29 is 0 Å². The minimum absolute atomic E-state index is 0.0837. The van der Waals surface area contributed by atoms with E-state index in [9.17, 15) is 0 Å². The molecule has 2 nitrogen and oxygen atoms in total. The second kappa shape index (κ2) is 5.91. The lowest BCUT2D eigenvalue weighted by molar-refractivity contribution is 0.0930. The molecular formula is C18H24N2S. The molecule has 1 aliphatic carbocycles. The van der Waals surface area contributed by atoms with Crippen LogP contribution in [0.4, 0.5) is 0 Å². The SMILES string of the molecule is CC(Cc1cccs1)N(C)C1(CN)Cc2ccccc2C1. The van der Waals surface area contributed by atoms with E-state index in [2.05, 4.69) is 60.6 Å². The number of fused-ring (bicyclic) bond motifs is 1. The van der Waals surface area contributed by atoms with Crippen LogP contribution in [0.2, 0.25) is 0 Å². The first-order valence-corrected chi connectivity index (χ1v) is 8.55. The summed E-state index contributed by atoms with van der Waals surface area (Å²) in [6.45, 7) is 3.03. The highest BCUT2D eigenvalue weighted by Crippen LogP contribution is 2.35. The van der Waals surface area contributed by atoms with Crippen molar-refractivity contribution in [2.45, 2.75) is 37.8 Å². The third kappa shape index (κ3) is 2.78. The number of likely N-dealkylation sites (N-methyl/N-ethyl adjacent to an activating group) is 1. The lowest BCUT2D eigenvalue weighted by atomic mass is 9.91. The van der Waals surface area contributed by atoms with Gasteiger partial charge in [-0.25, -0.2) is 0 Å². The molecule has 3 rings (SSSR count). The molecule has 0 saturated heterocycles. The van der Waals surface area contributed by atoms with Gasteiger partial charge in [-0.2, -0.15) is 0 Å². The summed E-state index contributed by atoms with van der Waals surface area (Å²) in [6, 6.07) is 13.7. The molecule has 1 atom stereocenters. The molecule has 0 aliphatic heterocycles. The summed E-state index contributed by atoms with van der Waals surface area (Å²) >= 11 is 1.85. The number of nitrogens with two attached hydrogens (primary N) is 1. The Bertz CT molecular complexity index is 566. The summed E-state index contributed by atoms with van der Waals surface area (Å²) in [6.07, 6.45) is 3.25. The van der Waals surface area contributed by atoms with Crippen LogP contribution in [0.1, 0.15) is 22.9 Å². The molecule has 2 aromatic rings. The van der Waals surface area contributed by atoms with Gasteiger partial charge >= 0.3 is 0 Å². The van der Waals surface area contributed by atoms with Gasteiger partial charge in [0.1, 0.15) is 0 Å². The quantitative estimate of drug-likeness (QED) is 0.919. The second-order valence-electron chi connectivity index (χ2n) is 6.29. The zero-order chi connectivity index (χ0) is 14.9. The summed E-state index contributed by atoms with van der Waals surface area (Å²) in [5, 5.41) is 2.16. The van der Waals surface area contributed by atoms with Gasteiger partial charge in [0.25, 0.3) is 0 Å². The monoisotopic (exact) mass is 300 g/mol. The minimum atomic E-state index is 0.0837. The van der Waals surface area contributed by atoms with Gasteiger partial charge in [0.2, 0.25) is 0 Å². The number of thiophene rings is 1. The van der Waals surface area contributed by atoms with Crippen molar-refractivity contribution in [3.8, 4) is 0 Å². The second-order valence-corrected chi connectivity index (χ2v) is 7.33. The minimum Gasteiger partial charge on any atom is -0.329 e. The average molecular weight is 300 g/mol. The Morgan fingerprint density at radius 1 is 1.19 bits per heavy atom. The highest BCUT2D eigenvalue weighted by molar-refractivity contribution is 7.09. The molecule has 0 spiro atoms. The largest absolute Gasteiger partial charge is 0.329 e. The summed E-state index contributed by atoms with van der Waals surface area (Å²) in [7, 11) is 2.25. The smallest absolute Gasteiger partial charge is 0.0412 e. The summed E-state index contributed by atoms with van der Waals surface area (Å²) < 4.78 is 0. The Morgan fingerprint density at radius 3 is 2.38 bits per heavy atom. The first kappa shape index (κ1) is 14.8. The zero-order valence-corrected chi connectivity index (χ0v) is 13.7. The van der Waals surface area contributed by atoms with Crippen LogP contribution in [0, 0.1) is 0 Å². The van der Waals surface area contributed by atoms with E-state index in [1.807, 2.05) is 11.3 Å². The fourth-order valence-corrected chi connectivity index (χ4v) is 4.36. The van der Waals surface area contributed by atoms with Crippen LogP contribution in [0.15, 0.2) is 41.8 Å². The molecule has 21 heavy (non-hydrogen) atoms. The predicted octanol–water partition coefficient (Wildman–Crippen LogP) is 3.11. The van der Waals surface area contributed by atoms with Crippen LogP contribution in [0.25, 0.3) is 0 Å². The maximum Gasteiger partial charge on any atom is 0.0412 e. The zero-order valence-electron chi connectivity index (χ0n) is 12.9. The van der Waals surface area contributed by atoms with Gasteiger partial charge in [-0.05, 0) is 55.8 Å². The molecule has 0 saturated carbocycles. The van der Waals surface area contributed by atoms with Gasteiger partial charge in [0, 0.05) is 23.0 Å². The van der Waals surface area contributed by atoms with Crippen LogP contribution < -0.4 is 5.73 Å². The van der Waals surface area contributed by atoms with Crippen molar-refractivity contribution in [1.29, 1.82) is 0 Å². The molecule has 0 amide bonds. The van der Waals surface area contributed by atoms with E-state index in [1.165, 1.54) is 16.0 Å². The first-order valence-electron chi connectivity index (χ1n) is 7.67. The molecular weight excluding hydrogens is 276 g/mol. The number of hydrogen-bond donors (Lipinski definition) is 1. The van der Waals surface area contributed by atoms with E-state index in [4.69, 9.17) is 5.73 Å². The maximum atomic E-state index is 6.22. The highest BCUT2D eigenvalue weighted by Gasteiger charge is 2.41. The van der Waals surface area contributed by atoms with E-state index < -0.39 is 0 Å². The van der Waals surface area contributed by atoms with Crippen molar-refractivity contribution in [3.63, 3.8) is 0 Å². The van der Waals surface area contributed by atoms with E-state index in [0.717, 1.165) is 19.3 Å². The van der Waals surface area contributed by atoms with Gasteiger partial charge < -0.3 is 5.73 Å². The van der Waals surface area contributed by atoms with Crippen LogP contribution in [0.5, 0.6) is 0 Å². The fraction of sp³-hybridized carbons (Fsp3) is 0.444. The molecule has 1 aromatic heterocycles. The molecule has 1 heterocycles. The van der Waals surface area contributed by atoms with Crippen LogP contribution in [0.3, 0.4) is 0 Å². The number of hydrogen-bond acceptors (Lipinski definition) is 3. The van der Waals surface area contributed by atoms with Gasteiger partial charge in [-0.1, -0.05) is 30.3 Å². The Kier molecular flexibility index (Phi) is 4.16. The summed E-state index contributed by atoms with van der Waals surface area (Å²) in [5.74, 6) is 0. The van der Waals surface area contributed by atoms with Crippen molar-refractivity contribution in [3.05, 3.63) is 57.8 Å². The van der Waals surface area contributed by atoms with Crippen LogP contribution in [-0.2, 0) is 19.3 Å². The molecule has 1 aromatic carbocycles. The molecule has 0 radical (unpaired) electrons. The van der Waals surface area contributed by atoms with Gasteiger partial charge in [-0.3, -0.25) is 4.90 Å². The number of nitrogens with zero attached hydrogens (tertiary/aromatic N) is 1. The Morgan fingerprint density at radius 2 is 1.86 bits per heavy atom. The Hall–Kier alpha value is -1.16. The maximum absolute atomic E-state index is 6.22.